The number of phosphoric ester groups is 1. The average molecular weight is 1140 g/mol. The molecule has 0 aromatic carbocycles. The zero-order valence-electron chi connectivity index (χ0n) is 53.3. The van der Waals surface area contributed by atoms with Crippen molar-refractivity contribution in [3.63, 3.8) is 0 Å². The number of aliphatic hydroxyl groups is 1. The Morgan fingerprint density at radius 1 is 0.438 bits per heavy atom. The minimum absolute atomic E-state index is 0.0612. The number of likely N-dealkylation sites (N-methyl/N-ethyl adjacent to an activating group) is 1. The molecule has 0 saturated carbocycles. The molecule has 0 fully saturated rings. The molecule has 0 aromatic rings. The minimum Gasteiger partial charge on any atom is -0.387 e. The Morgan fingerprint density at radius 3 is 1.10 bits per heavy atom. The highest BCUT2D eigenvalue weighted by Gasteiger charge is 2.28. The molecule has 3 atom stereocenters. The fourth-order valence-corrected chi connectivity index (χ4v) is 10.6. The van der Waals surface area contributed by atoms with Gasteiger partial charge in [0, 0.05) is 6.42 Å². The van der Waals surface area contributed by atoms with Crippen LogP contribution in [-0.4, -0.2) is 73.4 Å². The van der Waals surface area contributed by atoms with Gasteiger partial charge >= 0.3 is 7.82 Å². The second-order valence-electron chi connectivity index (χ2n) is 24.2. The molecule has 0 rings (SSSR count). The molecule has 466 valence electrons. The van der Waals surface area contributed by atoms with E-state index in [1.54, 1.807) is 6.08 Å². The molecule has 9 heteroatoms. The number of quaternary nitrogens is 1. The summed E-state index contributed by atoms with van der Waals surface area (Å²) in [7, 11) is 1.58. The smallest absolute Gasteiger partial charge is 0.387 e. The van der Waals surface area contributed by atoms with E-state index in [0.717, 1.165) is 77.0 Å². The summed E-state index contributed by atoms with van der Waals surface area (Å²) in [6.07, 6.45) is 87.2. The number of hydrogen-bond acceptors (Lipinski definition) is 5. The van der Waals surface area contributed by atoms with Gasteiger partial charge in [-0.05, 0) is 70.6 Å². The summed E-state index contributed by atoms with van der Waals surface area (Å²) < 4.78 is 23.8. The third kappa shape index (κ3) is 63.3. The molecule has 0 aliphatic heterocycles. The molecular formula is C71H132N2O6P+. The number of carbonyl (C=O) groups excluding carboxylic acids is 1. The lowest BCUT2D eigenvalue weighted by Gasteiger charge is -2.25. The molecule has 0 saturated heterocycles. The molecular weight excluding hydrogens is 1010 g/mol. The van der Waals surface area contributed by atoms with Crippen molar-refractivity contribution in [3.05, 3.63) is 85.1 Å². The van der Waals surface area contributed by atoms with Gasteiger partial charge in [0.15, 0.2) is 0 Å². The van der Waals surface area contributed by atoms with E-state index in [1.165, 1.54) is 212 Å². The first-order valence-corrected chi connectivity index (χ1v) is 35.5. The van der Waals surface area contributed by atoms with E-state index in [1.807, 2.05) is 27.2 Å². The summed E-state index contributed by atoms with van der Waals surface area (Å²) in [5, 5.41) is 14.0. The van der Waals surface area contributed by atoms with Gasteiger partial charge in [-0.15, -0.1) is 0 Å². The van der Waals surface area contributed by atoms with Gasteiger partial charge in [-0.2, -0.15) is 0 Å². The second kappa shape index (κ2) is 61.2. The maximum Gasteiger partial charge on any atom is 0.472 e. The summed E-state index contributed by atoms with van der Waals surface area (Å²) in [6.45, 7) is 4.73. The van der Waals surface area contributed by atoms with Crippen LogP contribution < -0.4 is 5.32 Å². The summed E-state index contributed by atoms with van der Waals surface area (Å²) in [4.78, 5) is 23.4. The molecule has 0 aromatic heterocycles. The standard InChI is InChI=1S/C71H131N2O6P/c1-6-8-10-12-14-16-18-20-22-24-26-27-28-29-30-31-32-33-34-35-36-37-38-39-40-41-42-43-44-45-47-49-51-53-55-57-59-61-63-65-71(75)72-69(68-79-80(76,77)78-67-66-73(3,4)5)70(74)64-62-60-58-56-54-52-50-48-46-25-23-21-19-17-15-13-11-9-7-2/h8,10,14,16,20,22,26-27,29-30,32-33,62,64,69-70,74H,6-7,9,11-13,15,17-19,21,23-25,28,31,34-61,63,65-68H2,1-5H3,(H-,72,75,76,77)/p+1/b10-8-,16-14-,22-20-,27-26-,30-29-,33-32-,64-62+. The van der Waals surface area contributed by atoms with Crippen molar-refractivity contribution >= 4 is 13.7 Å². The molecule has 0 aliphatic carbocycles. The van der Waals surface area contributed by atoms with Crippen LogP contribution in [0.25, 0.3) is 0 Å². The van der Waals surface area contributed by atoms with Gasteiger partial charge in [-0.3, -0.25) is 13.8 Å². The van der Waals surface area contributed by atoms with Gasteiger partial charge < -0.3 is 19.8 Å². The van der Waals surface area contributed by atoms with E-state index in [9.17, 15) is 19.4 Å². The van der Waals surface area contributed by atoms with Crippen molar-refractivity contribution in [3.8, 4) is 0 Å². The molecule has 0 spiro atoms. The summed E-state index contributed by atoms with van der Waals surface area (Å²) >= 11 is 0. The molecule has 80 heavy (non-hydrogen) atoms. The lowest BCUT2D eigenvalue weighted by atomic mass is 10.0. The van der Waals surface area contributed by atoms with Crippen molar-refractivity contribution in [1.82, 2.24) is 5.32 Å². The molecule has 0 radical (unpaired) electrons. The molecule has 0 bridgehead atoms. The maximum atomic E-state index is 13.0. The van der Waals surface area contributed by atoms with E-state index in [0.29, 0.717) is 17.4 Å². The van der Waals surface area contributed by atoms with Crippen LogP contribution in [0.2, 0.25) is 0 Å². The molecule has 3 unspecified atom stereocenters. The summed E-state index contributed by atoms with van der Waals surface area (Å²) in [5.74, 6) is -0.173. The van der Waals surface area contributed by atoms with Gasteiger partial charge in [0.05, 0.1) is 39.9 Å². The third-order valence-corrected chi connectivity index (χ3v) is 16.1. The molecule has 3 N–H and O–H groups in total. The third-order valence-electron chi connectivity index (χ3n) is 15.1. The van der Waals surface area contributed by atoms with Crippen molar-refractivity contribution in [2.24, 2.45) is 0 Å². The Morgan fingerprint density at radius 2 is 0.750 bits per heavy atom. The zero-order chi connectivity index (χ0) is 58.4. The van der Waals surface area contributed by atoms with Gasteiger partial charge in [-0.25, -0.2) is 4.57 Å². The lowest BCUT2D eigenvalue weighted by molar-refractivity contribution is -0.870. The van der Waals surface area contributed by atoms with Crippen LogP contribution >= 0.6 is 7.82 Å². The highest BCUT2D eigenvalue weighted by atomic mass is 31.2. The van der Waals surface area contributed by atoms with Crippen molar-refractivity contribution in [1.29, 1.82) is 0 Å². The van der Waals surface area contributed by atoms with E-state index < -0.39 is 20.0 Å². The van der Waals surface area contributed by atoms with Crippen molar-refractivity contribution < 1.29 is 32.9 Å². The quantitative estimate of drug-likeness (QED) is 0.0243. The SMILES string of the molecule is CC/C=C\C/C=C\C/C=C\C/C=C\C/C=C\C/C=C\CCCCCCCCCCCCCCCCCCCCCCC(=O)NC(COP(=O)(O)OCC[N+](C)(C)C)C(O)/C=C/CCCCCCCCCCCCCCCCCCC. The lowest BCUT2D eigenvalue weighted by Crippen LogP contribution is -2.45. The first-order valence-electron chi connectivity index (χ1n) is 34.0. The van der Waals surface area contributed by atoms with Gasteiger partial charge in [0.2, 0.25) is 5.91 Å². The number of rotatable bonds is 62. The number of aliphatic hydroxyl groups excluding tert-OH is 1. The predicted octanol–water partition coefficient (Wildman–Crippen LogP) is 21.5. The van der Waals surface area contributed by atoms with E-state index in [4.69, 9.17) is 9.05 Å². The van der Waals surface area contributed by atoms with E-state index >= 15 is 0 Å². The number of nitrogens with zero attached hydrogens (tertiary/aromatic N) is 1. The maximum absolute atomic E-state index is 13.0. The van der Waals surface area contributed by atoms with Crippen LogP contribution in [0.3, 0.4) is 0 Å². The van der Waals surface area contributed by atoms with Gasteiger partial charge in [0.25, 0.3) is 0 Å². The average Bonchev–Trinajstić information content (AvgIpc) is 3.42. The molecule has 0 heterocycles. The fourth-order valence-electron chi connectivity index (χ4n) is 9.87. The Balaban J connectivity index is 3.99. The Bertz CT molecular complexity index is 1580. The number of amides is 1. The topological polar surface area (TPSA) is 105 Å². The number of hydrogen-bond donors (Lipinski definition) is 3. The summed E-state index contributed by atoms with van der Waals surface area (Å²) in [5.41, 5.74) is 0. The normalized spacial score (nSPS) is 14.2. The van der Waals surface area contributed by atoms with E-state index in [-0.39, 0.29) is 19.1 Å². The minimum atomic E-state index is -4.35. The monoisotopic (exact) mass is 1140 g/mol. The predicted molar refractivity (Wildman–Crippen MR) is 350 cm³/mol. The Kier molecular flexibility index (Phi) is 59.5. The van der Waals surface area contributed by atoms with Crippen LogP contribution in [0, 0.1) is 0 Å². The van der Waals surface area contributed by atoms with Gasteiger partial charge in [0.1, 0.15) is 13.2 Å². The highest BCUT2D eigenvalue weighted by molar-refractivity contribution is 7.47. The number of phosphoric acid groups is 1. The molecule has 1 amide bonds. The Hall–Kier alpha value is -2.32. The van der Waals surface area contributed by atoms with Crippen LogP contribution in [0.5, 0.6) is 0 Å². The first-order chi connectivity index (χ1) is 39.0. The number of carbonyl (C=O) groups is 1. The largest absolute Gasteiger partial charge is 0.472 e. The molecule has 0 aliphatic rings. The number of unbranched alkanes of at least 4 members (excludes halogenated alkanes) is 37. The van der Waals surface area contributed by atoms with E-state index in [2.05, 4.69) is 92.1 Å². The van der Waals surface area contributed by atoms with Crippen molar-refractivity contribution in [2.45, 2.75) is 321 Å². The zero-order valence-corrected chi connectivity index (χ0v) is 54.2. The Labute approximate surface area is 497 Å². The highest BCUT2D eigenvalue weighted by Crippen LogP contribution is 2.43. The van der Waals surface area contributed by atoms with Crippen LogP contribution in [-0.2, 0) is 18.4 Å². The fraction of sp³-hybridized carbons (Fsp3) is 0.789. The number of allylic oxidation sites excluding steroid dienone is 13. The number of nitrogens with one attached hydrogen (secondary N) is 1. The van der Waals surface area contributed by atoms with Crippen LogP contribution in [0.15, 0.2) is 85.1 Å². The van der Waals surface area contributed by atoms with Crippen LogP contribution in [0.1, 0.15) is 309 Å². The molecule has 8 nitrogen and oxygen atoms in total. The first kappa shape index (κ1) is 77.7. The van der Waals surface area contributed by atoms with Crippen LogP contribution in [0.4, 0.5) is 0 Å². The second-order valence-corrected chi connectivity index (χ2v) is 25.6. The van der Waals surface area contributed by atoms with Gasteiger partial charge in [-0.1, -0.05) is 317 Å². The van der Waals surface area contributed by atoms with Crippen molar-refractivity contribution in [2.75, 3.05) is 40.9 Å². The summed E-state index contributed by atoms with van der Waals surface area (Å²) in [6, 6.07) is -0.849.